The number of nitro benzene ring substituents is 1. The van der Waals surface area contributed by atoms with Crippen molar-refractivity contribution < 1.29 is 33.9 Å². The Labute approximate surface area is 118 Å². The van der Waals surface area contributed by atoms with Crippen LogP contribution in [0.15, 0.2) is 18.2 Å². The van der Waals surface area contributed by atoms with Gasteiger partial charge in [0.15, 0.2) is 5.92 Å². The summed E-state index contributed by atoms with van der Waals surface area (Å²) in [7, 11) is 2.08. The average molecular weight is 297 g/mol. The van der Waals surface area contributed by atoms with E-state index in [1.807, 2.05) is 0 Å². The van der Waals surface area contributed by atoms with Crippen LogP contribution in [-0.2, 0) is 19.1 Å². The van der Waals surface area contributed by atoms with Gasteiger partial charge in [0, 0.05) is 6.07 Å². The van der Waals surface area contributed by atoms with E-state index in [0.29, 0.717) is 0 Å². The van der Waals surface area contributed by atoms with Gasteiger partial charge >= 0.3 is 17.9 Å². The molecule has 0 saturated heterocycles. The zero-order valence-electron chi connectivity index (χ0n) is 11.1. The number of nitrogens with zero attached hydrogens (tertiary/aromatic N) is 1. The molecule has 9 nitrogen and oxygen atoms in total. The number of rotatable bonds is 5. The third kappa shape index (κ3) is 3.32. The minimum Gasteiger partial charge on any atom is -0.477 e. The van der Waals surface area contributed by atoms with Crippen molar-refractivity contribution in [2.24, 2.45) is 0 Å². The minimum absolute atomic E-state index is 0.0922. The molecular weight excluding hydrogens is 286 g/mol. The highest BCUT2D eigenvalue weighted by molar-refractivity contribution is 6.01. The molecular formula is C12H11NO8. The molecule has 0 unspecified atom stereocenters. The SMILES string of the molecule is COC(=O)C(C(=O)OC)c1ccc(C(=O)O)c([N+](=O)[O-])c1. The van der Waals surface area contributed by atoms with Crippen molar-refractivity contribution in [3.8, 4) is 0 Å². The zero-order valence-corrected chi connectivity index (χ0v) is 11.1. The molecule has 1 rings (SSSR count). The summed E-state index contributed by atoms with van der Waals surface area (Å²) < 4.78 is 8.88. The number of carboxylic acids is 1. The fraction of sp³-hybridized carbons (Fsp3) is 0.250. The summed E-state index contributed by atoms with van der Waals surface area (Å²) in [6.07, 6.45) is 0. The van der Waals surface area contributed by atoms with Gasteiger partial charge in [0.2, 0.25) is 0 Å². The maximum Gasteiger partial charge on any atom is 0.342 e. The van der Waals surface area contributed by atoms with E-state index in [0.717, 1.165) is 32.4 Å². The van der Waals surface area contributed by atoms with Crippen LogP contribution >= 0.6 is 0 Å². The molecule has 0 aromatic heterocycles. The predicted octanol–water partition coefficient (Wildman–Crippen LogP) is 0.723. The molecule has 21 heavy (non-hydrogen) atoms. The normalized spacial score (nSPS) is 10.0. The number of hydrogen-bond donors (Lipinski definition) is 1. The largest absolute Gasteiger partial charge is 0.477 e. The first-order valence-electron chi connectivity index (χ1n) is 5.50. The van der Waals surface area contributed by atoms with E-state index >= 15 is 0 Å². The number of esters is 2. The number of aromatic carboxylic acids is 1. The number of carbonyl (C=O) groups is 3. The van der Waals surface area contributed by atoms with E-state index in [1.54, 1.807) is 0 Å². The topological polar surface area (TPSA) is 133 Å². The molecule has 0 aliphatic carbocycles. The second-order valence-corrected chi connectivity index (χ2v) is 3.82. The van der Waals surface area contributed by atoms with E-state index in [9.17, 15) is 24.5 Å². The van der Waals surface area contributed by atoms with Gasteiger partial charge in [0.1, 0.15) is 5.56 Å². The Hall–Kier alpha value is -2.97. The number of hydrogen-bond acceptors (Lipinski definition) is 7. The molecule has 0 heterocycles. The summed E-state index contributed by atoms with van der Waals surface area (Å²) in [5.74, 6) is -4.97. The molecule has 0 bridgehead atoms. The number of benzene rings is 1. The molecule has 9 heteroatoms. The maximum absolute atomic E-state index is 11.6. The lowest BCUT2D eigenvalue weighted by Gasteiger charge is -2.13. The molecule has 0 radical (unpaired) electrons. The molecule has 0 saturated carbocycles. The van der Waals surface area contributed by atoms with Crippen molar-refractivity contribution >= 4 is 23.6 Å². The van der Waals surface area contributed by atoms with Gasteiger partial charge in [-0.3, -0.25) is 19.7 Å². The smallest absolute Gasteiger partial charge is 0.342 e. The van der Waals surface area contributed by atoms with Crippen LogP contribution in [0.4, 0.5) is 5.69 Å². The lowest BCUT2D eigenvalue weighted by Crippen LogP contribution is -2.24. The number of ether oxygens (including phenoxy) is 2. The summed E-state index contributed by atoms with van der Waals surface area (Å²) >= 11 is 0. The minimum atomic E-state index is -1.53. The quantitative estimate of drug-likeness (QED) is 0.364. The van der Waals surface area contributed by atoms with Crippen LogP contribution < -0.4 is 0 Å². The Morgan fingerprint density at radius 2 is 1.71 bits per heavy atom. The first-order valence-corrected chi connectivity index (χ1v) is 5.50. The van der Waals surface area contributed by atoms with Gasteiger partial charge in [-0.15, -0.1) is 0 Å². The van der Waals surface area contributed by atoms with E-state index in [-0.39, 0.29) is 5.56 Å². The van der Waals surface area contributed by atoms with E-state index in [2.05, 4.69) is 9.47 Å². The van der Waals surface area contributed by atoms with Crippen LogP contribution in [0.1, 0.15) is 21.8 Å². The van der Waals surface area contributed by atoms with Gasteiger partial charge in [-0.25, -0.2) is 4.79 Å². The number of carbonyl (C=O) groups excluding carboxylic acids is 2. The molecule has 0 aliphatic rings. The van der Waals surface area contributed by atoms with Gasteiger partial charge in [-0.05, 0) is 11.6 Å². The molecule has 1 N–H and O–H groups in total. The fourth-order valence-electron chi connectivity index (χ4n) is 1.66. The lowest BCUT2D eigenvalue weighted by atomic mass is 9.97. The Balaban J connectivity index is 3.44. The molecule has 0 aliphatic heterocycles. The third-order valence-electron chi connectivity index (χ3n) is 2.66. The highest BCUT2D eigenvalue weighted by Gasteiger charge is 2.33. The molecule has 0 atom stereocenters. The number of carboxylic acid groups (broad SMARTS) is 1. The van der Waals surface area contributed by atoms with Crippen LogP contribution in [0.2, 0.25) is 0 Å². The van der Waals surface area contributed by atoms with Gasteiger partial charge in [-0.2, -0.15) is 0 Å². The zero-order chi connectivity index (χ0) is 16.2. The standard InChI is InChI=1S/C12H11NO8/c1-20-11(16)9(12(17)21-2)6-3-4-7(10(14)15)8(5-6)13(18)19/h3-5,9H,1-2H3,(H,14,15). The van der Waals surface area contributed by atoms with Crippen molar-refractivity contribution in [1.29, 1.82) is 0 Å². The maximum atomic E-state index is 11.6. The van der Waals surface area contributed by atoms with Crippen LogP contribution in [-0.4, -0.2) is 42.2 Å². The Morgan fingerprint density at radius 1 is 1.19 bits per heavy atom. The summed E-state index contributed by atoms with van der Waals surface area (Å²) in [5, 5.41) is 19.8. The molecule has 0 fully saturated rings. The summed E-state index contributed by atoms with van der Waals surface area (Å²) in [5.41, 5.74) is -1.39. The van der Waals surface area contributed by atoms with E-state index in [4.69, 9.17) is 5.11 Å². The van der Waals surface area contributed by atoms with Crippen molar-refractivity contribution in [3.63, 3.8) is 0 Å². The van der Waals surface area contributed by atoms with Crippen molar-refractivity contribution in [2.45, 2.75) is 5.92 Å². The van der Waals surface area contributed by atoms with Gasteiger partial charge in [0.05, 0.1) is 19.1 Å². The summed E-state index contributed by atoms with van der Waals surface area (Å²) in [4.78, 5) is 44.1. The first-order chi connectivity index (χ1) is 9.83. The van der Waals surface area contributed by atoms with Crippen LogP contribution in [0.5, 0.6) is 0 Å². The molecule has 0 spiro atoms. The lowest BCUT2D eigenvalue weighted by molar-refractivity contribution is -0.385. The second-order valence-electron chi connectivity index (χ2n) is 3.82. The van der Waals surface area contributed by atoms with E-state index in [1.165, 1.54) is 0 Å². The molecule has 112 valence electrons. The van der Waals surface area contributed by atoms with Crippen molar-refractivity contribution in [1.82, 2.24) is 0 Å². The Kier molecular flexibility index (Phi) is 4.95. The van der Waals surface area contributed by atoms with Crippen LogP contribution in [0.25, 0.3) is 0 Å². The van der Waals surface area contributed by atoms with Crippen molar-refractivity contribution in [3.05, 3.63) is 39.4 Å². The van der Waals surface area contributed by atoms with Gasteiger partial charge < -0.3 is 14.6 Å². The summed E-state index contributed by atoms with van der Waals surface area (Å²) in [6, 6.07) is 2.89. The number of nitro groups is 1. The Morgan fingerprint density at radius 3 is 2.10 bits per heavy atom. The monoisotopic (exact) mass is 297 g/mol. The van der Waals surface area contributed by atoms with E-state index < -0.39 is 40.0 Å². The van der Waals surface area contributed by atoms with Crippen molar-refractivity contribution in [2.75, 3.05) is 14.2 Å². The highest BCUT2D eigenvalue weighted by atomic mass is 16.6. The fourth-order valence-corrected chi connectivity index (χ4v) is 1.66. The molecule has 0 amide bonds. The second kappa shape index (κ2) is 6.46. The van der Waals surface area contributed by atoms with Gasteiger partial charge in [-0.1, -0.05) is 6.07 Å². The third-order valence-corrected chi connectivity index (χ3v) is 2.66. The van der Waals surface area contributed by atoms with Gasteiger partial charge in [0.25, 0.3) is 5.69 Å². The summed E-state index contributed by atoms with van der Waals surface area (Å²) in [6.45, 7) is 0. The highest BCUT2D eigenvalue weighted by Crippen LogP contribution is 2.26. The van der Waals surface area contributed by atoms with Crippen LogP contribution in [0, 0.1) is 10.1 Å². The average Bonchev–Trinajstić information content (AvgIpc) is 2.46. The Bertz CT molecular complexity index is 593. The van der Waals surface area contributed by atoms with Crippen LogP contribution in [0.3, 0.4) is 0 Å². The first kappa shape index (κ1) is 16.1. The molecule has 1 aromatic carbocycles. The number of methoxy groups -OCH3 is 2. The molecule has 1 aromatic rings. The predicted molar refractivity (Wildman–Crippen MR) is 66.8 cm³/mol.